The highest BCUT2D eigenvalue weighted by atomic mass is 32.2. The Morgan fingerprint density at radius 1 is 1.10 bits per heavy atom. The molecule has 7 heteroatoms. The largest absolute Gasteiger partial charge is 0.321 e. The molecule has 1 N–H and O–H groups in total. The Kier molecular flexibility index (Phi) is 5.49. The molecule has 4 rings (SSSR count). The van der Waals surface area contributed by atoms with Gasteiger partial charge in [0.05, 0.1) is 16.6 Å². The molecule has 2 aromatic carbocycles. The molecule has 30 heavy (non-hydrogen) atoms. The van der Waals surface area contributed by atoms with Crippen LogP contribution in [0.15, 0.2) is 63.4 Å². The van der Waals surface area contributed by atoms with Crippen molar-refractivity contribution in [2.45, 2.75) is 30.6 Å². The average molecular weight is 436 g/mol. The van der Waals surface area contributed by atoms with E-state index in [0.29, 0.717) is 26.3 Å². The van der Waals surface area contributed by atoms with Gasteiger partial charge in [-0.3, -0.25) is 9.59 Å². The van der Waals surface area contributed by atoms with Crippen LogP contribution in [0.1, 0.15) is 26.4 Å². The number of nitrogens with zero attached hydrogens (tertiary/aromatic N) is 2. The standard InChI is InChI=1S/C23H21N3O2S2/c1-13-5-10-18(14(2)11-13)29-17-8-6-16(7-9-17)25-21(27)20-15(3)19-22(30-20)24-12-26(4)23(19)28/h5-12H,1-4H3,(H,25,27). The van der Waals surface area contributed by atoms with Gasteiger partial charge in [0.25, 0.3) is 11.5 Å². The maximum Gasteiger partial charge on any atom is 0.266 e. The third-order valence-corrected chi connectivity index (χ3v) is 7.27. The van der Waals surface area contributed by atoms with E-state index in [9.17, 15) is 9.59 Å². The van der Waals surface area contributed by atoms with Crippen molar-refractivity contribution in [2.24, 2.45) is 7.05 Å². The highest BCUT2D eigenvalue weighted by molar-refractivity contribution is 7.99. The van der Waals surface area contributed by atoms with Gasteiger partial charge in [0.1, 0.15) is 4.83 Å². The van der Waals surface area contributed by atoms with Crippen molar-refractivity contribution in [3.63, 3.8) is 0 Å². The van der Waals surface area contributed by atoms with E-state index in [2.05, 4.69) is 42.3 Å². The van der Waals surface area contributed by atoms with Gasteiger partial charge in [-0.25, -0.2) is 4.98 Å². The number of fused-ring (bicyclic) bond motifs is 1. The number of nitrogens with one attached hydrogen (secondary N) is 1. The zero-order valence-corrected chi connectivity index (χ0v) is 18.8. The van der Waals surface area contributed by atoms with Crippen molar-refractivity contribution >= 4 is 44.9 Å². The van der Waals surface area contributed by atoms with E-state index >= 15 is 0 Å². The molecule has 0 bridgehead atoms. The van der Waals surface area contributed by atoms with E-state index in [0.717, 1.165) is 4.90 Å². The van der Waals surface area contributed by atoms with Crippen molar-refractivity contribution in [1.29, 1.82) is 0 Å². The average Bonchev–Trinajstić information content (AvgIpc) is 3.05. The summed E-state index contributed by atoms with van der Waals surface area (Å²) in [6.45, 7) is 5.99. The normalized spacial score (nSPS) is 11.1. The van der Waals surface area contributed by atoms with Crippen LogP contribution < -0.4 is 10.9 Å². The molecule has 2 aromatic heterocycles. The van der Waals surface area contributed by atoms with E-state index in [-0.39, 0.29) is 11.5 Å². The topological polar surface area (TPSA) is 64.0 Å². The molecule has 0 aliphatic rings. The Bertz CT molecular complexity index is 1320. The maximum absolute atomic E-state index is 12.8. The third kappa shape index (κ3) is 3.91. The lowest BCUT2D eigenvalue weighted by molar-refractivity contribution is 0.103. The number of anilines is 1. The Hall–Kier alpha value is -2.90. The molecule has 0 radical (unpaired) electrons. The molecular weight excluding hydrogens is 414 g/mol. The SMILES string of the molecule is Cc1ccc(Sc2ccc(NC(=O)c3sc4ncn(C)c(=O)c4c3C)cc2)c(C)c1. The summed E-state index contributed by atoms with van der Waals surface area (Å²) in [6.07, 6.45) is 1.48. The van der Waals surface area contributed by atoms with Crippen LogP contribution in [0.2, 0.25) is 0 Å². The van der Waals surface area contributed by atoms with Gasteiger partial charge in [0.2, 0.25) is 0 Å². The molecule has 0 aliphatic carbocycles. The maximum atomic E-state index is 12.8. The number of benzene rings is 2. The molecule has 0 fully saturated rings. The lowest BCUT2D eigenvalue weighted by atomic mass is 10.2. The summed E-state index contributed by atoms with van der Waals surface area (Å²) in [5.41, 5.74) is 3.74. The first kappa shape index (κ1) is 20.4. The quantitative estimate of drug-likeness (QED) is 0.471. The first-order chi connectivity index (χ1) is 14.3. The second-order valence-electron chi connectivity index (χ2n) is 7.25. The predicted octanol–water partition coefficient (Wildman–Crippen LogP) is 5.32. The molecular formula is C23H21N3O2S2. The van der Waals surface area contributed by atoms with Gasteiger partial charge in [-0.15, -0.1) is 11.3 Å². The predicted molar refractivity (Wildman–Crippen MR) is 124 cm³/mol. The van der Waals surface area contributed by atoms with Crippen LogP contribution in [0.5, 0.6) is 0 Å². The van der Waals surface area contributed by atoms with Crippen molar-refractivity contribution in [2.75, 3.05) is 5.32 Å². The van der Waals surface area contributed by atoms with Crippen LogP contribution in [0.25, 0.3) is 10.2 Å². The number of carbonyl (C=O) groups excluding carboxylic acids is 1. The minimum absolute atomic E-state index is 0.138. The van der Waals surface area contributed by atoms with Crippen LogP contribution in [0.3, 0.4) is 0 Å². The molecule has 0 unspecified atom stereocenters. The van der Waals surface area contributed by atoms with Gasteiger partial charge in [0, 0.05) is 22.5 Å². The van der Waals surface area contributed by atoms with Crippen LogP contribution in [0.4, 0.5) is 5.69 Å². The van der Waals surface area contributed by atoms with Crippen molar-refractivity contribution in [3.8, 4) is 0 Å². The highest BCUT2D eigenvalue weighted by Crippen LogP contribution is 2.32. The molecule has 2 heterocycles. The van der Waals surface area contributed by atoms with Crippen LogP contribution in [-0.4, -0.2) is 15.5 Å². The second-order valence-corrected chi connectivity index (χ2v) is 9.36. The molecule has 5 nitrogen and oxygen atoms in total. The lowest BCUT2D eigenvalue weighted by Crippen LogP contribution is -2.17. The smallest absolute Gasteiger partial charge is 0.266 e. The molecule has 0 saturated heterocycles. The summed E-state index contributed by atoms with van der Waals surface area (Å²) in [4.78, 5) is 32.9. The summed E-state index contributed by atoms with van der Waals surface area (Å²) in [7, 11) is 1.66. The monoisotopic (exact) mass is 435 g/mol. The number of hydrogen-bond donors (Lipinski definition) is 1. The number of thiophene rings is 1. The molecule has 0 atom stereocenters. The van der Waals surface area contributed by atoms with Gasteiger partial charge < -0.3 is 9.88 Å². The fraction of sp³-hybridized carbons (Fsp3) is 0.174. The van der Waals surface area contributed by atoms with Crippen LogP contribution in [0, 0.1) is 20.8 Å². The molecule has 152 valence electrons. The molecule has 0 aliphatic heterocycles. The van der Waals surface area contributed by atoms with E-state index < -0.39 is 0 Å². The summed E-state index contributed by atoms with van der Waals surface area (Å²) in [5.74, 6) is -0.229. The number of hydrogen-bond acceptors (Lipinski definition) is 5. The Labute approximate surface area is 182 Å². The highest BCUT2D eigenvalue weighted by Gasteiger charge is 2.19. The molecule has 4 aromatic rings. The van der Waals surface area contributed by atoms with E-state index in [1.165, 1.54) is 38.3 Å². The number of carbonyl (C=O) groups is 1. The summed E-state index contributed by atoms with van der Waals surface area (Å²) < 4.78 is 1.43. The Morgan fingerprint density at radius 3 is 2.53 bits per heavy atom. The zero-order chi connectivity index (χ0) is 21.4. The van der Waals surface area contributed by atoms with Gasteiger partial charge in [-0.2, -0.15) is 0 Å². The Balaban J connectivity index is 1.53. The van der Waals surface area contributed by atoms with Gasteiger partial charge >= 0.3 is 0 Å². The van der Waals surface area contributed by atoms with Gasteiger partial charge in [0.15, 0.2) is 0 Å². The van der Waals surface area contributed by atoms with Gasteiger partial charge in [-0.05, 0) is 62.2 Å². The number of rotatable bonds is 4. The summed E-state index contributed by atoms with van der Waals surface area (Å²) in [6, 6.07) is 14.2. The van der Waals surface area contributed by atoms with Gasteiger partial charge in [-0.1, -0.05) is 29.5 Å². The first-order valence-electron chi connectivity index (χ1n) is 9.44. The Morgan fingerprint density at radius 2 is 1.83 bits per heavy atom. The van der Waals surface area contributed by atoms with Crippen molar-refractivity contribution in [1.82, 2.24) is 9.55 Å². The minimum Gasteiger partial charge on any atom is -0.321 e. The van der Waals surface area contributed by atoms with Crippen molar-refractivity contribution in [3.05, 3.63) is 80.7 Å². The minimum atomic E-state index is -0.229. The fourth-order valence-electron chi connectivity index (χ4n) is 3.26. The first-order valence-corrected chi connectivity index (χ1v) is 11.1. The number of amides is 1. The fourth-order valence-corrected chi connectivity index (χ4v) is 5.18. The van der Waals surface area contributed by atoms with Crippen LogP contribution in [-0.2, 0) is 7.05 Å². The zero-order valence-electron chi connectivity index (χ0n) is 17.1. The summed E-state index contributed by atoms with van der Waals surface area (Å²) >= 11 is 2.94. The number of aromatic nitrogens is 2. The van der Waals surface area contributed by atoms with Crippen molar-refractivity contribution < 1.29 is 4.79 Å². The molecule has 0 spiro atoms. The lowest BCUT2D eigenvalue weighted by Gasteiger charge is -2.08. The van der Waals surface area contributed by atoms with Crippen LogP contribution >= 0.6 is 23.1 Å². The molecule has 1 amide bonds. The second kappa shape index (κ2) is 8.08. The van der Waals surface area contributed by atoms with E-state index in [1.807, 2.05) is 24.3 Å². The molecule has 0 saturated carbocycles. The van der Waals surface area contributed by atoms with E-state index in [1.54, 1.807) is 25.7 Å². The third-order valence-electron chi connectivity index (χ3n) is 4.89. The number of aryl methyl sites for hydroxylation is 4. The summed E-state index contributed by atoms with van der Waals surface area (Å²) in [5, 5.41) is 3.44. The van der Waals surface area contributed by atoms with E-state index in [4.69, 9.17) is 0 Å².